The van der Waals surface area contributed by atoms with Crippen molar-refractivity contribution in [2.45, 2.75) is 12.5 Å². The summed E-state index contributed by atoms with van der Waals surface area (Å²) in [5.41, 5.74) is 12.5. The summed E-state index contributed by atoms with van der Waals surface area (Å²) in [7, 11) is 0. The van der Waals surface area contributed by atoms with E-state index in [-0.39, 0.29) is 11.9 Å². The van der Waals surface area contributed by atoms with Gasteiger partial charge in [-0.05, 0) is 24.1 Å². The summed E-state index contributed by atoms with van der Waals surface area (Å²) < 4.78 is 12.7. The van der Waals surface area contributed by atoms with E-state index < -0.39 is 0 Å². The van der Waals surface area contributed by atoms with Crippen molar-refractivity contribution in [3.05, 3.63) is 42.2 Å². The highest BCUT2D eigenvalue weighted by Gasteiger charge is 2.07. The third-order valence-electron chi connectivity index (χ3n) is 1.87. The average molecular weight is 180 g/mol. The van der Waals surface area contributed by atoms with E-state index in [9.17, 15) is 4.39 Å². The molecule has 1 aromatic carbocycles. The van der Waals surface area contributed by atoms with Crippen molar-refractivity contribution in [3.8, 4) is 0 Å². The molecule has 0 saturated carbocycles. The SMILES string of the molecule is C=CCC(N)c1ccc(F)cc1N. The zero-order chi connectivity index (χ0) is 9.84. The van der Waals surface area contributed by atoms with Gasteiger partial charge in [-0.15, -0.1) is 6.58 Å². The van der Waals surface area contributed by atoms with Crippen LogP contribution in [0.2, 0.25) is 0 Å². The molecule has 0 radical (unpaired) electrons. The van der Waals surface area contributed by atoms with E-state index in [2.05, 4.69) is 6.58 Å². The van der Waals surface area contributed by atoms with E-state index in [4.69, 9.17) is 11.5 Å². The lowest BCUT2D eigenvalue weighted by molar-refractivity contribution is 0.626. The van der Waals surface area contributed by atoms with Gasteiger partial charge in [-0.2, -0.15) is 0 Å². The molecule has 1 rings (SSSR count). The Morgan fingerprint density at radius 1 is 1.54 bits per heavy atom. The minimum Gasteiger partial charge on any atom is -0.398 e. The maximum Gasteiger partial charge on any atom is 0.125 e. The second kappa shape index (κ2) is 4.05. The predicted molar refractivity (Wildman–Crippen MR) is 52.6 cm³/mol. The van der Waals surface area contributed by atoms with Crippen LogP contribution in [0.25, 0.3) is 0 Å². The van der Waals surface area contributed by atoms with Gasteiger partial charge in [0.05, 0.1) is 0 Å². The molecule has 0 spiro atoms. The number of nitrogens with two attached hydrogens (primary N) is 2. The number of hydrogen-bond donors (Lipinski definition) is 2. The number of hydrogen-bond acceptors (Lipinski definition) is 2. The van der Waals surface area contributed by atoms with Crippen molar-refractivity contribution in [2.24, 2.45) is 5.73 Å². The Hall–Kier alpha value is -1.35. The standard InChI is InChI=1S/C10H13FN2/c1-2-3-9(12)8-5-4-7(11)6-10(8)13/h2,4-6,9H,1,3,12-13H2. The van der Waals surface area contributed by atoms with E-state index >= 15 is 0 Å². The van der Waals surface area contributed by atoms with Crippen LogP contribution in [0, 0.1) is 5.82 Å². The first-order valence-corrected chi connectivity index (χ1v) is 4.06. The molecule has 2 nitrogen and oxygen atoms in total. The van der Waals surface area contributed by atoms with Crippen molar-refractivity contribution in [1.29, 1.82) is 0 Å². The molecule has 0 amide bonds. The van der Waals surface area contributed by atoms with Crippen LogP contribution in [-0.2, 0) is 0 Å². The smallest absolute Gasteiger partial charge is 0.125 e. The first-order valence-electron chi connectivity index (χ1n) is 4.06. The van der Waals surface area contributed by atoms with Crippen LogP contribution < -0.4 is 11.5 Å². The molecule has 0 fully saturated rings. The Morgan fingerprint density at radius 3 is 2.77 bits per heavy atom. The Bertz CT molecular complexity index is 310. The summed E-state index contributed by atoms with van der Waals surface area (Å²) in [4.78, 5) is 0. The van der Waals surface area contributed by atoms with Crippen LogP contribution in [0.1, 0.15) is 18.0 Å². The molecule has 1 atom stereocenters. The first-order chi connectivity index (χ1) is 6.15. The molecule has 0 aromatic heterocycles. The maximum atomic E-state index is 12.7. The Morgan fingerprint density at radius 2 is 2.23 bits per heavy atom. The number of benzene rings is 1. The van der Waals surface area contributed by atoms with Crippen LogP contribution >= 0.6 is 0 Å². The number of nitrogen functional groups attached to an aromatic ring is 1. The highest BCUT2D eigenvalue weighted by atomic mass is 19.1. The summed E-state index contributed by atoms with van der Waals surface area (Å²) in [5.74, 6) is -0.341. The van der Waals surface area contributed by atoms with Gasteiger partial charge in [-0.25, -0.2) is 4.39 Å². The largest absolute Gasteiger partial charge is 0.398 e. The van der Waals surface area contributed by atoms with Gasteiger partial charge in [-0.1, -0.05) is 12.1 Å². The van der Waals surface area contributed by atoms with Gasteiger partial charge in [0.2, 0.25) is 0 Å². The molecule has 13 heavy (non-hydrogen) atoms. The molecule has 70 valence electrons. The Kier molecular flexibility index (Phi) is 3.03. The van der Waals surface area contributed by atoms with Crippen LogP contribution in [0.15, 0.2) is 30.9 Å². The Labute approximate surface area is 77.0 Å². The van der Waals surface area contributed by atoms with Crippen LogP contribution in [0.4, 0.5) is 10.1 Å². The van der Waals surface area contributed by atoms with Gasteiger partial charge < -0.3 is 11.5 Å². The van der Waals surface area contributed by atoms with Gasteiger partial charge in [-0.3, -0.25) is 0 Å². The maximum absolute atomic E-state index is 12.7. The Balaban J connectivity index is 2.94. The lowest BCUT2D eigenvalue weighted by atomic mass is 10.0. The average Bonchev–Trinajstić information content (AvgIpc) is 2.04. The van der Waals surface area contributed by atoms with Crippen LogP contribution in [-0.4, -0.2) is 0 Å². The van der Waals surface area contributed by atoms with Crippen molar-refractivity contribution < 1.29 is 4.39 Å². The lowest BCUT2D eigenvalue weighted by Crippen LogP contribution is -2.11. The molecule has 0 saturated heterocycles. The molecule has 0 aliphatic carbocycles. The molecule has 0 aliphatic rings. The van der Waals surface area contributed by atoms with Gasteiger partial charge in [0.25, 0.3) is 0 Å². The summed E-state index contributed by atoms with van der Waals surface area (Å²) in [6.07, 6.45) is 2.35. The van der Waals surface area contributed by atoms with Crippen molar-refractivity contribution >= 4 is 5.69 Å². The van der Waals surface area contributed by atoms with E-state index in [1.54, 1.807) is 12.1 Å². The van der Waals surface area contributed by atoms with E-state index in [1.807, 2.05) is 0 Å². The normalized spacial score (nSPS) is 12.5. The van der Waals surface area contributed by atoms with Crippen molar-refractivity contribution in [3.63, 3.8) is 0 Å². The molecule has 0 aliphatic heterocycles. The van der Waals surface area contributed by atoms with Gasteiger partial charge in [0.15, 0.2) is 0 Å². The van der Waals surface area contributed by atoms with Gasteiger partial charge in [0, 0.05) is 11.7 Å². The topological polar surface area (TPSA) is 52.0 Å². The van der Waals surface area contributed by atoms with E-state index in [0.717, 1.165) is 5.56 Å². The number of halogens is 1. The molecular weight excluding hydrogens is 167 g/mol. The molecule has 0 heterocycles. The zero-order valence-corrected chi connectivity index (χ0v) is 7.33. The summed E-state index contributed by atoms with van der Waals surface area (Å²) in [6, 6.07) is 4.05. The van der Waals surface area contributed by atoms with E-state index in [1.165, 1.54) is 12.1 Å². The molecular formula is C10H13FN2. The zero-order valence-electron chi connectivity index (χ0n) is 7.33. The van der Waals surface area contributed by atoms with Crippen LogP contribution in [0.3, 0.4) is 0 Å². The fourth-order valence-electron chi connectivity index (χ4n) is 1.19. The van der Waals surface area contributed by atoms with Crippen molar-refractivity contribution in [1.82, 2.24) is 0 Å². The predicted octanol–water partition coefficient (Wildman–Crippen LogP) is 1.98. The molecule has 0 bridgehead atoms. The number of rotatable bonds is 3. The second-order valence-corrected chi connectivity index (χ2v) is 2.90. The lowest BCUT2D eigenvalue weighted by Gasteiger charge is -2.11. The third-order valence-corrected chi connectivity index (χ3v) is 1.87. The molecule has 4 N–H and O–H groups in total. The molecule has 1 aromatic rings. The fourth-order valence-corrected chi connectivity index (χ4v) is 1.19. The van der Waals surface area contributed by atoms with Gasteiger partial charge >= 0.3 is 0 Å². The highest BCUT2D eigenvalue weighted by molar-refractivity contribution is 5.48. The van der Waals surface area contributed by atoms with Crippen molar-refractivity contribution in [2.75, 3.05) is 5.73 Å². The molecule has 1 unspecified atom stereocenters. The van der Waals surface area contributed by atoms with E-state index in [0.29, 0.717) is 12.1 Å². The monoisotopic (exact) mass is 180 g/mol. The summed E-state index contributed by atoms with van der Waals surface area (Å²) in [5, 5.41) is 0. The van der Waals surface area contributed by atoms with Gasteiger partial charge in [0.1, 0.15) is 5.82 Å². The second-order valence-electron chi connectivity index (χ2n) is 2.90. The summed E-state index contributed by atoms with van der Waals surface area (Å²) >= 11 is 0. The highest BCUT2D eigenvalue weighted by Crippen LogP contribution is 2.21. The summed E-state index contributed by atoms with van der Waals surface area (Å²) in [6.45, 7) is 3.58. The molecule has 3 heteroatoms. The fraction of sp³-hybridized carbons (Fsp3) is 0.200. The minimum atomic E-state index is -0.341. The third kappa shape index (κ3) is 2.29. The van der Waals surface area contributed by atoms with Crippen LogP contribution in [0.5, 0.6) is 0 Å². The first kappa shape index (κ1) is 9.74. The quantitative estimate of drug-likeness (QED) is 0.552. The minimum absolute atomic E-state index is 0.196. The number of anilines is 1.